The molecule has 0 radical (unpaired) electrons. The Bertz CT molecular complexity index is 331. The average Bonchev–Trinajstić information content (AvgIpc) is 2.16. The second-order valence-corrected chi connectivity index (χ2v) is 2.64. The van der Waals surface area contributed by atoms with Crippen molar-refractivity contribution in [1.29, 1.82) is 0 Å². The fourth-order valence-electron chi connectivity index (χ4n) is 1.09. The maximum atomic E-state index is 12.4. The predicted octanol–water partition coefficient (Wildman–Crippen LogP) is 1.07. The Balaban J connectivity index is 3.25. The van der Waals surface area contributed by atoms with E-state index in [4.69, 9.17) is 16.2 Å². The molecule has 78 valence electrons. The highest BCUT2D eigenvalue weighted by molar-refractivity contribution is 5.51. The zero-order valence-corrected chi connectivity index (χ0v) is 7.63. The van der Waals surface area contributed by atoms with Crippen molar-refractivity contribution >= 4 is 5.69 Å². The molecule has 4 N–H and O–H groups in total. The summed E-state index contributed by atoms with van der Waals surface area (Å²) in [5.74, 6) is -0.00231. The van der Waals surface area contributed by atoms with Gasteiger partial charge in [0.05, 0.1) is 12.8 Å². The number of nitrogens with two attached hydrogens (primary N) is 2. The number of methoxy groups -OCH3 is 1. The molecule has 0 aliphatic rings. The largest absolute Gasteiger partial charge is 0.480 e. The molecule has 0 spiro atoms. The lowest BCUT2D eigenvalue weighted by Gasteiger charge is -2.10. The number of alkyl halides is 2. The molecule has 1 heterocycles. The minimum absolute atomic E-state index is 0.00231. The highest BCUT2D eigenvalue weighted by atomic mass is 19.3. The van der Waals surface area contributed by atoms with Gasteiger partial charge < -0.3 is 16.2 Å². The first-order valence-corrected chi connectivity index (χ1v) is 3.91. The summed E-state index contributed by atoms with van der Waals surface area (Å²) in [6.07, 6.45) is -2.68. The van der Waals surface area contributed by atoms with Crippen LogP contribution in [0.2, 0.25) is 0 Å². The van der Waals surface area contributed by atoms with Crippen molar-refractivity contribution in [2.45, 2.75) is 13.0 Å². The van der Waals surface area contributed by atoms with E-state index in [1.54, 1.807) is 0 Å². The van der Waals surface area contributed by atoms with Crippen LogP contribution in [-0.4, -0.2) is 12.1 Å². The van der Waals surface area contributed by atoms with E-state index in [9.17, 15) is 8.78 Å². The maximum absolute atomic E-state index is 12.4. The van der Waals surface area contributed by atoms with Gasteiger partial charge in [0.15, 0.2) is 0 Å². The Kier molecular flexibility index (Phi) is 3.19. The molecule has 0 amide bonds. The fraction of sp³-hybridized carbons (Fsp3) is 0.375. The van der Waals surface area contributed by atoms with E-state index in [0.29, 0.717) is 0 Å². The standard InChI is InChI=1S/C8H11F2N3O/c1-14-8-5(12)2-4(3-11)6(13-8)7(9)10/h2,7H,3,11-12H2,1H3. The summed E-state index contributed by atoms with van der Waals surface area (Å²) in [6, 6.07) is 1.35. The van der Waals surface area contributed by atoms with Crippen LogP contribution >= 0.6 is 0 Å². The number of nitrogens with zero attached hydrogens (tertiary/aromatic N) is 1. The molecular formula is C8H11F2N3O. The quantitative estimate of drug-likeness (QED) is 0.770. The minimum atomic E-state index is -2.68. The van der Waals surface area contributed by atoms with E-state index in [0.717, 1.165) is 0 Å². The molecular weight excluding hydrogens is 192 g/mol. The van der Waals surface area contributed by atoms with E-state index in [2.05, 4.69) is 4.98 Å². The lowest BCUT2D eigenvalue weighted by Crippen LogP contribution is -2.07. The van der Waals surface area contributed by atoms with Gasteiger partial charge in [0, 0.05) is 6.54 Å². The van der Waals surface area contributed by atoms with Gasteiger partial charge in [-0.3, -0.25) is 0 Å². The monoisotopic (exact) mass is 203 g/mol. The second kappa shape index (κ2) is 4.19. The number of pyridine rings is 1. The lowest BCUT2D eigenvalue weighted by atomic mass is 10.2. The number of hydrogen-bond donors (Lipinski definition) is 2. The number of aromatic nitrogens is 1. The molecule has 0 fully saturated rings. The molecule has 1 aromatic heterocycles. The van der Waals surface area contributed by atoms with Crippen molar-refractivity contribution in [3.05, 3.63) is 17.3 Å². The van der Waals surface area contributed by atoms with Crippen LogP contribution in [0, 0.1) is 0 Å². The van der Waals surface area contributed by atoms with Gasteiger partial charge in [-0.2, -0.15) is 0 Å². The Morgan fingerprint density at radius 2 is 2.21 bits per heavy atom. The van der Waals surface area contributed by atoms with Gasteiger partial charge in [0.1, 0.15) is 5.69 Å². The van der Waals surface area contributed by atoms with E-state index in [1.807, 2.05) is 0 Å². The molecule has 4 nitrogen and oxygen atoms in total. The fourth-order valence-corrected chi connectivity index (χ4v) is 1.09. The van der Waals surface area contributed by atoms with Gasteiger partial charge in [-0.1, -0.05) is 0 Å². The highest BCUT2D eigenvalue weighted by Gasteiger charge is 2.17. The Hall–Kier alpha value is -1.43. The van der Waals surface area contributed by atoms with E-state index in [-0.39, 0.29) is 29.4 Å². The number of hydrogen-bond acceptors (Lipinski definition) is 4. The highest BCUT2D eigenvalue weighted by Crippen LogP contribution is 2.27. The van der Waals surface area contributed by atoms with Gasteiger partial charge in [-0.15, -0.1) is 0 Å². The van der Waals surface area contributed by atoms with E-state index in [1.165, 1.54) is 13.2 Å². The Labute approximate surface area is 79.9 Å². The van der Waals surface area contributed by atoms with Crippen molar-refractivity contribution in [2.24, 2.45) is 5.73 Å². The molecule has 0 bridgehead atoms. The van der Waals surface area contributed by atoms with Crippen LogP contribution in [0.3, 0.4) is 0 Å². The van der Waals surface area contributed by atoms with E-state index >= 15 is 0 Å². The smallest absolute Gasteiger partial charge is 0.280 e. The van der Waals surface area contributed by atoms with Crippen molar-refractivity contribution in [2.75, 3.05) is 12.8 Å². The lowest BCUT2D eigenvalue weighted by molar-refractivity contribution is 0.144. The molecule has 0 saturated heterocycles. The van der Waals surface area contributed by atoms with Crippen molar-refractivity contribution in [3.63, 3.8) is 0 Å². The summed E-state index contributed by atoms with van der Waals surface area (Å²) in [4.78, 5) is 3.58. The molecule has 0 aliphatic carbocycles. The zero-order valence-electron chi connectivity index (χ0n) is 7.63. The molecule has 0 atom stereocenters. The van der Waals surface area contributed by atoms with Gasteiger partial charge in [-0.25, -0.2) is 13.8 Å². The third-order valence-corrected chi connectivity index (χ3v) is 1.75. The van der Waals surface area contributed by atoms with Crippen LogP contribution in [0.4, 0.5) is 14.5 Å². The third kappa shape index (κ3) is 1.90. The predicted molar refractivity (Wildman–Crippen MR) is 48.0 cm³/mol. The van der Waals surface area contributed by atoms with Gasteiger partial charge in [0.2, 0.25) is 5.88 Å². The number of anilines is 1. The van der Waals surface area contributed by atoms with Crippen molar-refractivity contribution in [3.8, 4) is 5.88 Å². The summed E-state index contributed by atoms with van der Waals surface area (Å²) in [5, 5.41) is 0. The number of halogens is 2. The molecule has 0 aromatic carbocycles. The summed E-state index contributed by atoms with van der Waals surface area (Å²) in [5.41, 5.74) is 10.8. The van der Waals surface area contributed by atoms with Crippen LogP contribution in [0.5, 0.6) is 5.88 Å². The Morgan fingerprint density at radius 1 is 1.57 bits per heavy atom. The van der Waals surface area contributed by atoms with Crippen LogP contribution in [0.25, 0.3) is 0 Å². The van der Waals surface area contributed by atoms with Gasteiger partial charge in [0.25, 0.3) is 6.43 Å². The molecule has 0 aliphatic heterocycles. The van der Waals surface area contributed by atoms with Crippen LogP contribution in [0.15, 0.2) is 6.07 Å². The zero-order chi connectivity index (χ0) is 10.7. The number of rotatable bonds is 3. The van der Waals surface area contributed by atoms with Crippen LogP contribution in [-0.2, 0) is 6.54 Å². The molecule has 14 heavy (non-hydrogen) atoms. The summed E-state index contributed by atoms with van der Waals surface area (Å²) >= 11 is 0. The maximum Gasteiger partial charge on any atom is 0.280 e. The minimum Gasteiger partial charge on any atom is -0.480 e. The van der Waals surface area contributed by atoms with Gasteiger partial charge >= 0.3 is 0 Å². The van der Waals surface area contributed by atoms with E-state index < -0.39 is 6.43 Å². The summed E-state index contributed by atoms with van der Waals surface area (Å²) in [7, 11) is 1.32. The first-order valence-electron chi connectivity index (χ1n) is 3.91. The van der Waals surface area contributed by atoms with Crippen LogP contribution in [0.1, 0.15) is 17.7 Å². The number of ether oxygens (including phenoxy) is 1. The first-order chi connectivity index (χ1) is 6.60. The molecule has 6 heteroatoms. The molecule has 0 saturated carbocycles. The molecule has 1 rings (SSSR count). The van der Waals surface area contributed by atoms with Crippen LogP contribution < -0.4 is 16.2 Å². The first kappa shape index (κ1) is 10.6. The molecule has 0 unspecified atom stereocenters. The summed E-state index contributed by atoms with van der Waals surface area (Å²) < 4.78 is 29.6. The van der Waals surface area contributed by atoms with Crippen molar-refractivity contribution in [1.82, 2.24) is 4.98 Å². The second-order valence-electron chi connectivity index (χ2n) is 2.64. The van der Waals surface area contributed by atoms with Gasteiger partial charge in [-0.05, 0) is 11.6 Å². The third-order valence-electron chi connectivity index (χ3n) is 1.75. The normalized spacial score (nSPS) is 10.6. The summed E-state index contributed by atoms with van der Waals surface area (Å²) in [6.45, 7) is -0.0269. The number of nitrogen functional groups attached to an aromatic ring is 1. The van der Waals surface area contributed by atoms with Crippen molar-refractivity contribution < 1.29 is 13.5 Å². The molecule has 1 aromatic rings. The topological polar surface area (TPSA) is 74.2 Å². The SMILES string of the molecule is COc1nc(C(F)F)c(CN)cc1N. The Morgan fingerprint density at radius 3 is 2.64 bits per heavy atom. The average molecular weight is 203 g/mol.